The quantitative estimate of drug-likeness (QED) is 0.350. The lowest BCUT2D eigenvalue weighted by molar-refractivity contribution is -0.145. The van der Waals surface area contributed by atoms with Crippen molar-refractivity contribution in [1.82, 2.24) is 0 Å². The maximum absolute atomic E-state index is 13.7. The fraction of sp³-hybridized carbons (Fsp3) is 0.310. The molecule has 0 aliphatic heterocycles. The summed E-state index contributed by atoms with van der Waals surface area (Å²) < 4.78 is 47.0. The lowest BCUT2D eigenvalue weighted by Crippen LogP contribution is -2.31. The number of carbonyl (C=O) groups is 2. The third-order valence-electron chi connectivity index (χ3n) is 6.85. The van der Waals surface area contributed by atoms with Gasteiger partial charge in [0.25, 0.3) is 5.91 Å². The van der Waals surface area contributed by atoms with Crippen LogP contribution in [0.25, 0.3) is 0 Å². The number of hydrogen-bond donors (Lipinski definition) is 2. The van der Waals surface area contributed by atoms with Gasteiger partial charge in [0.1, 0.15) is 5.75 Å². The van der Waals surface area contributed by atoms with Crippen LogP contribution in [-0.2, 0) is 17.4 Å². The minimum absolute atomic E-state index is 0.265. The second-order valence-corrected chi connectivity index (χ2v) is 9.40. The molecule has 37 heavy (non-hydrogen) atoms. The second-order valence-electron chi connectivity index (χ2n) is 9.40. The number of anilines is 1. The van der Waals surface area contributed by atoms with E-state index in [-0.39, 0.29) is 17.2 Å². The summed E-state index contributed by atoms with van der Waals surface area (Å²) in [5.74, 6) is -2.09. The molecule has 2 atom stereocenters. The van der Waals surface area contributed by atoms with Crippen LogP contribution in [0.5, 0.6) is 5.75 Å². The maximum atomic E-state index is 13.7. The molecular formula is C29H28F3NO4. The lowest BCUT2D eigenvalue weighted by Gasteiger charge is -2.34. The van der Waals surface area contributed by atoms with Crippen molar-refractivity contribution in [3.8, 4) is 5.75 Å². The number of carboxylic acids is 1. The highest BCUT2D eigenvalue weighted by Crippen LogP contribution is 2.45. The minimum Gasteiger partial charge on any atom is -0.493 e. The second kappa shape index (κ2) is 10.7. The third kappa shape index (κ3) is 5.96. The molecule has 1 fully saturated rings. The Labute approximate surface area is 213 Å². The highest BCUT2D eigenvalue weighted by molar-refractivity contribution is 6.07. The van der Waals surface area contributed by atoms with Gasteiger partial charge in [0.15, 0.2) is 0 Å². The molecule has 1 aliphatic carbocycles. The first-order valence-electron chi connectivity index (χ1n) is 12.1. The van der Waals surface area contributed by atoms with Crippen molar-refractivity contribution in [2.75, 3.05) is 11.9 Å². The van der Waals surface area contributed by atoms with E-state index in [0.29, 0.717) is 48.3 Å². The van der Waals surface area contributed by atoms with E-state index in [1.165, 1.54) is 12.1 Å². The van der Waals surface area contributed by atoms with Crippen LogP contribution in [0, 0.1) is 19.8 Å². The van der Waals surface area contributed by atoms with Crippen molar-refractivity contribution in [1.29, 1.82) is 0 Å². The topological polar surface area (TPSA) is 75.6 Å². The number of carbonyl (C=O) groups excluding carboxylic acids is 1. The Morgan fingerprint density at radius 1 is 1.00 bits per heavy atom. The zero-order valence-electron chi connectivity index (χ0n) is 20.6. The molecule has 1 saturated carbocycles. The minimum atomic E-state index is -4.69. The summed E-state index contributed by atoms with van der Waals surface area (Å²) in [6, 6.07) is 16.7. The van der Waals surface area contributed by atoms with Gasteiger partial charge in [-0.25, -0.2) is 0 Å². The summed E-state index contributed by atoms with van der Waals surface area (Å²) >= 11 is 0. The lowest BCUT2D eigenvalue weighted by atomic mass is 9.70. The molecule has 0 radical (unpaired) electrons. The first-order chi connectivity index (χ1) is 17.5. The summed E-state index contributed by atoms with van der Waals surface area (Å²) in [5.41, 5.74) is 1.65. The van der Waals surface area contributed by atoms with Gasteiger partial charge in [-0.2, -0.15) is 13.2 Å². The van der Waals surface area contributed by atoms with Gasteiger partial charge in [0.05, 0.1) is 23.8 Å². The molecule has 1 amide bonds. The molecule has 0 bridgehead atoms. The monoisotopic (exact) mass is 511 g/mol. The summed E-state index contributed by atoms with van der Waals surface area (Å²) in [7, 11) is 0. The number of hydrogen-bond acceptors (Lipinski definition) is 3. The molecule has 194 valence electrons. The highest BCUT2D eigenvalue weighted by Gasteiger charge is 2.39. The van der Waals surface area contributed by atoms with Gasteiger partial charge in [0.2, 0.25) is 0 Å². The molecule has 0 heterocycles. The van der Waals surface area contributed by atoms with Crippen LogP contribution < -0.4 is 10.1 Å². The van der Waals surface area contributed by atoms with E-state index in [9.17, 15) is 27.9 Å². The van der Waals surface area contributed by atoms with Crippen LogP contribution in [0.1, 0.15) is 56.9 Å². The fourth-order valence-corrected chi connectivity index (χ4v) is 4.82. The Hall–Kier alpha value is -3.81. The van der Waals surface area contributed by atoms with Crippen molar-refractivity contribution >= 4 is 17.6 Å². The molecule has 3 aromatic rings. The predicted molar refractivity (Wildman–Crippen MR) is 134 cm³/mol. The number of carboxylic acid groups (broad SMARTS) is 1. The largest absolute Gasteiger partial charge is 0.493 e. The summed E-state index contributed by atoms with van der Waals surface area (Å²) in [4.78, 5) is 24.6. The number of nitrogens with one attached hydrogen (secondary N) is 1. The molecule has 0 unspecified atom stereocenters. The van der Waals surface area contributed by atoms with E-state index in [1.54, 1.807) is 26.0 Å². The number of rotatable bonds is 8. The Bertz CT molecular complexity index is 1280. The number of benzene rings is 3. The fourth-order valence-electron chi connectivity index (χ4n) is 4.82. The van der Waals surface area contributed by atoms with Crippen LogP contribution in [0.3, 0.4) is 0 Å². The Morgan fingerprint density at radius 3 is 2.24 bits per heavy atom. The van der Waals surface area contributed by atoms with Crippen molar-refractivity contribution < 1.29 is 32.6 Å². The molecule has 3 aromatic carbocycles. The summed E-state index contributed by atoms with van der Waals surface area (Å²) in [6.07, 6.45) is -2.94. The first kappa shape index (κ1) is 26.3. The molecule has 0 saturated heterocycles. The average Bonchev–Trinajstić information content (AvgIpc) is 2.77. The van der Waals surface area contributed by atoms with E-state index >= 15 is 0 Å². The van der Waals surface area contributed by atoms with Crippen LogP contribution in [-0.4, -0.2) is 23.6 Å². The van der Waals surface area contributed by atoms with Gasteiger partial charge in [-0.15, -0.1) is 0 Å². The number of amides is 1. The van der Waals surface area contributed by atoms with E-state index < -0.39 is 29.5 Å². The average molecular weight is 512 g/mol. The van der Waals surface area contributed by atoms with Crippen LogP contribution >= 0.6 is 0 Å². The zero-order valence-corrected chi connectivity index (χ0v) is 20.6. The van der Waals surface area contributed by atoms with Crippen LogP contribution in [0.4, 0.5) is 18.9 Å². The predicted octanol–water partition coefficient (Wildman–Crippen LogP) is 6.77. The molecule has 0 aromatic heterocycles. The van der Waals surface area contributed by atoms with Crippen molar-refractivity contribution in [3.05, 3.63) is 94.0 Å². The summed E-state index contributed by atoms with van der Waals surface area (Å²) in [5, 5.41) is 11.8. The third-order valence-corrected chi connectivity index (χ3v) is 6.85. The van der Waals surface area contributed by atoms with E-state index in [4.69, 9.17) is 4.74 Å². The summed E-state index contributed by atoms with van der Waals surface area (Å²) in [6.45, 7) is 3.85. The molecular weight excluding hydrogens is 483 g/mol. The molecule has 2 N–H and O–H groups in total. The van der Waals surface area contributed by atoms with Crippen LogP contribution in [0.15, 0.2) is 60.7 Å². The van der Waals surface area contributed by atoms with Gasteiger partial charge >= 0.3 is 12.1 Å². The van der Waals surface area contributed by atoms with E-state index in [0.717, 1.165) is 11.6 Å². The number of aryl methyl sites for hydroxylation is 2. The van der Waals surface area contributed by atoms with Gasteiger partial charge in [-0.1, -0.05) is 36.4 Å². The molecule has 4 rings (SSSR count). The van der Waals surface area contributed by atoms with E-state index in [2.05, 4.69) is 5.32 Å². The number of aliphatic carboxylic acids is 1. The van der Waals surface area contributed by atoms with Crippen molar-refractivity contribution in [2.45, 2.75) is 45.2 Å². The maximum Gasteiger partial charge on any atom is 0.418 e. The van der Waals surface area contributed by atoms with Gasteiger partial charge in [0, 0.05) is 12.0 Å². The normalized spacial score (nSPS) is 17.1. The van der Waals surface area contributed by atoms with Gasteiger partial charge in [-0.05, 0) is 79.1 Å². The standard InChI is InChI=1S/C29H28F3NO4/c1-17-14-21(37-13-12-19-6-4-3-5-7-19)15-18(2)26(17)27(34)33-25-16-20(8-11-24(25)29(30,31)32)22-9-10-23(22)28(35)36/h3-8,11,14-16,22-23H,9-10,12-13H2,1-2H3,(H,33,34)(H,35,36)/t22-,23-/m1/s1. The zero-order chi connectivity index (χ0) is 26.7. The Balaban J connectivity index is 1.54. The molecule has 0 spiro atoms. The number of ether oxygens (including phenoxy) is 1. The van der Waals surface area contributed by atoms with Gasteiger partial charge < -0.3 is 15.2 Å². The Morgan fingerprint density at radius 2 is 1.68 bits per heavy atom. The molecule has 8 heteroatoms. The number of alkyl halides is 3. The van der Waals surface area contributed by atoms with Crippen LogP contribution in [0.2, 0.25) is 0 Å². The van der Waals surface area contributed by atoms with Gasteiger partial charge in [-0.3, -0.25) is 9.59 Å². The van der Waals surface area contributed by atoms with Crippen molar-refractivity contribution in [2.24, 2.45) is 5.92 Å². The Kier molecular flexibility index (Phi) is 7.57. The number of halogens is 3. The smallest absolute Gasteiger partial charge is 0.418 e. The SMILES string of the molecule is Cc1cc(OCCc2ccccc2)cc(C)c1C(=O)Nc1cc([C@H]2CC[C@H]2C(=O)O)ccc1C(F)(F)F. The highest BCUT2D eigenvalue weighted by atomic mass is 19.4. The van der Waals surface area contributed by atoms with E-state index in [1.807, 2.05) is 30.3 Å². The first-order valence-corrected chi connectivity index (χ1v) is 12.1. The molecule has 1 aliphatic rings. The molecule has 5 nitrogen and oxygen atoms in total. The van der Waals surface area contributed by atoms with Crippen molar-refractivity contribution in [3.63, 3.8) is 0 Å².